The van der Waals surface area contributed by atoms with E-state index in [0.717, 1.165) is 21.9 Å². The molecule has 132 valence electrons. The van der Waals surface area contributed by atoms with E-state index in [4.69, 9.17) is 0 Å². The van der Waals surface area contributed by atoms with Crippen molar-refractivity contribution in [2.24, 2.45) is 14.1 Å². The molecule has 0 fully saturated rings. The van der Waals surface area contributed by atoms with Crippen LogP contribution in [0.1, 0.15) is 19.4 Å². The summed E-state index contributed by atoms with van der Waals surface area (Å²) in [6, 6.07) is 8.35. The van der Waals surface area contributed by atoms with E-state index in [0.29, 0.717) is 11.3 Å². The van der Waals surface area contributed by atoms with E-state index in [1.54, 1.807) is 15.4 Å². The molecule has 1 N–H and O–H groups in total. The average Bonchev–Trinajstić information content (AvgIpc) is 3.15. The van der Waals surface area contributed by atoms with Crippen molar-refractivity contribution in [3.63, 3.8) is 0 Å². The molecule has 5 nitrogen and oxygen atoms in total. The van der Waals surface area contributed by atoms with E-state index >= 15 is 0 Å². The molecule has 0 bridgehead atoms. The fraction of sp³-hybridized carbons (Fsp3) is 0.263. The number of benzene rings is 2. The van der Waals surface area contributed by atoms with Gasteiger partial charge in [-0.3, -0.25) is 9.36 Å². The molecule has 25 heavy (non-hydrogen) atoms. The zero-order chi connectivity index (χ0) is 18.6. The van der Waals surface area contributed by atoms with Gasteiger partial charge in [0.05, 0.1) is 16.4 Å². The SMILES string of the molecule is CC.Cc1ccc2nn(C)cc2c1O.Cn1cc2ccc(F)cc2n1. The van der Waals surface area contributed by atoms with E-state index in [2.05, 4.69) is 10.2 Å². The van der Waals surface area contributed by atoms with Gasteiger partial charge in [-0.05, 0) is 30.7 Å². The van der Waals surface area contributed by atoms with Gasteiger partial charge in [0.25, 0.3) is 0 Å². The Balaban J connectivity index is 0.000000165. The molecule has 0 amide bonds. The van der Waals surface area contributed by atoms with Crippen molar-refractivity contribution in [1.82, 2.24) is 19.6 Å². The molecule has 2 aromatic heterocycles. The predicted molar refractivity (Wildman–Crippen MR) is 99.1 cm³/mol. The Kier molecular flexibility index (Phi) is 5.75. The molecule has 0 radical (unpaired) electrons. The van der Waals surface area contributed by atoms with Crippen molar-refractivity contribution in [3.05, 3.63) is 54.1 Å². The van der Waals surface area contributed by atoms with Gasteiger partial charge < -0.3 is 5.11 Å². The Morgan fingerprint density at radius 2 is 1.56 bits per heavy atom. The lowest BCUT2D eigenvalue weighted by atomic mass is 10.1. The van der Waals surface area contributed by atoms with Crippen molar-refractivity contribution < 1.29 is 9.50 Å². The second-order valence-electron chi connectivity index (χ2n) is 5.47. The average molecular weight is 342 g/mol. The van der Waals surface area contributed by atoms with Crippen LogP contribution >= 0.6 is 0 Å². The maximum atomic E-state index is 12.6. The van der Waals surface area contributed by atoms with Crippen LogP contribution in [0.15, 0.2) is 42.7 Å². The molecular formula is C19H23FN4O. The Morgan fingerprint density at radius 3 is 2.28 bits per heavy atom. The first-order chi connectivity index (χ1) is 11.9. The van der Waals surface area contributed by atoms with Crippen molar-refractivity contribution in [3.8, 4) is 5.75 Å². The lowest BCUT2D eigenvalue weighted by molar-refractivity contribution is 0.477. The minimum absolute atomic E-state index is 0.240. The number of halogens is 1. The van der Waals surface area contributed by atoms with Crippen LogP contribution in [-0.2, 0) is 14.1 Å². The highest BCUT2D eigenvalue weighted by Gasteiger charge is 2.05. The maximum absolute atomic E-state index is 12.6. The van der Waals surface area contributed by atoms with Gasteiger partial charge in [0.15, 0.2) is 0 Å². The van der Waals surface area contributed by atoms with Crippen molar-refractivity contribution in [2.75, 3.05) is 0 Å². The Labute approximate surface area is 146 Å². The number of phenolic OH excluding ortho intramolecular Hbond substituents is 1. The first kappa shape index (κ1) is 18.4. The number of nitrogens with zero attached hydrogens (tertiary/aromatic N) is 4. The maximum Gasteiger partial charge on any atom is 0.129 e. The van der Waals surface area contributed by atoms with Crippen LogP contribution in [0.3, 0.4) is 0 Å². The third-order valence-electron chi connectivity index (χ3n) is 3.56. The number of fused-ring (bicyclic) bond motifs is 2. The fourth-order valence-corrected chi connectivity index (χ4v) is 2.42. The van der Waals surface area contributed by atoms with E-state index < -0.39 is 0 Å². The fourth-order valence-electron chi connectivity index (χ4n) is 2.42. The van der Waals surface area contributed by atoms with Gasteiger partial charge in [-0.15, -0.1) is 0 Å². The number of rotatable bonds is 0. The summed E-state index contributed by atoms with van der Waals surface area (Å²) in [6.45, 7) is 5.88. The summed E-state index contributed by atoms with van der Waals surface area (Å²) in [5.41, 5.74) is 2.42. The van der Waals surface area contributed by atoms with Crippen molar-refractivity contribution in [2.45, 2.75) is 20.8 Å². The predicted octanol–water partition coefficient (Wildman–Crippen LogP) is 4.33. The normalized spacial score (nSPS) is 10.2. The highest BCUT2D eigenvalue weighted by molar-refractivity contribution is 5.85. The molecule has 2 aromatic carbocycles. The Morgan fingerprint density at radius 1 is 0.920 bits per heavy atom. The van der Waals surface area contributed by atoms with Crippen LogP contribution in [0, 0.1) is 12.7 Å². The quantitative estimate of drug-likeness (QED) is 0.517. The van der Waals surface area contributed by atoms with Crippen LogP contribution in [0.25, 0.3) is 21.8 Å². The monoisotopic (exact) mass is 342 g/mol. The summed E-state index contributed by atoms with van der Waals surface area (Å²) in [5, 5.41) is 19.6. The van der Waals surface area contributed by atoms with Crippen molar-refractivity contribution >= 4 is 21.8 Å². The van der Waals surface area contributed by atoms with Crippen LogP contribution in [-0.4, -0.2) is 24.7 Å². The highest BCUT2D eigenvalue weighted by Crippen LogP contribution is 2.26. The van der Waals surface area contributed by atoms with Gasteiger partial charge in [-0.1, -0.05) is 19.9 Å². The first-order valence-corrected chi connectivity index (χ1v) is 8.15. The molecule has 0 unspecified atom stereocenters. The number of aromatic hydroxyl groups is 1. The van der Waals surface area contributed by atoms with E-state index in [-0.39, 0.29) is 5.82 Å². The molecule has 0 atom stereocenters. The minimum Gasteiger partial charge on any atom is -0.507 e. The largest absolute Gasteiger partial charge is 0.507 e. The van der Waals surface area contributed by atoms with Gasteiger partial charge in [0, 0.05) is 37.9 Å². The molecule has 0 saturated heterocycles. The summed E-state index contributed by atoms with van der Waals surface area (Å²) >= 11 is 0. The third-order valence-corrected chi connectivity index (χ3v) is 3.56. The van der Waals surface area contributed by atoms with Gasteiger partial charge in [-0.25, -0.2) is 4.39 Å². The van der Waals surface area contributed by atoms with Gasteiger partial charge in [0.1, 0.15) is 11.6 Å². The lowest BCUT2D eigenvalue weighted by Gasteiger charge is -1.96. The molecule has 6 heteroatoms. The number of aryl methyl sites for hydroxylation is 3. The smallest absolute Gasteiger partial charge is 0.129 e. The third kappa shape index (κ3) is 4.15. The van der Waals surface area contributed by atoms with Gasteiger partial charge in [-0.2, -0.15) is 10.2 Å². The second-order valence-corrected chi connectivity index (χ2v) is 5.47. The summed E-state index contributed by atoms with van der Waals surface area (Å²) in [4.78, 5) is 0. The number of aromatic nitrogens is 4. The number of hydrogen-bond donors (Lipinski definition) is 1. The standard InChI is InChI=1S/C9H10N2O.C8H7FN2.C2H6/c1-6-3-4-8-7(9(6)12)5-11(2)10-8;1-11-5-6-2-3-7(9)4-8(6)10-11;1-2/h3-5,12H,1-2H3;2-5H,1H3;1-2H3. The summed E-state index contributed by atoms with van der Waals surface area (Å²) < 4.78 is 16.0. The first-order valence-electron chi connectivity index (χ1n) is 8.15. The number of hydrogen-bond acceptors (Lipinski definition) is 3. The molecule has 4 rings (SSSR count). The second kappa shape index (κ2) is 7.79. The van der Waals surface area contributed by atoms with Crippen LogP contribution < -0.4 is 0 Å². The van der Waals surface area contributed by atoms with E-state index in [1.807, 2.05) is 59.4 Å². The van der Waals surface area contributed by atoms with Gasteiger partial charge in [0.2, 0.25) is 0 Å². The molecule has 0 saturated carbocycles. The van der Waals surface area contributed by atoms with Crippen LogP contribution in [0.2, 0.25) is 0 Å². The minimum atomic E-state index is -0.240. The molecular weight excluding hydrogens is 319 g/mol. The van der Waals surface area contributed by atoms with Gasteiger partial charge >= 0.3 is 0 Å². The zero-order valence-corrected chi connectivity index (χ0v) is 15.2. The Hall–Kier alpha value is -2.89. The molecule has 2 heterocycles. The van der Waals surface area contributed by atoms with Crippen LogP contribution in [0.4, 0.5) is 4.39 Å². The summed E-state index contributed by atoms with van der Waals surface area (Å²) in [5.74, 6) is 0.0943. The van der Waals surface area contributed by atoms with E-state index in [1.165, 1.54) is 12.1 Å². The summed E-state index contributed by atoms with van der Waals surface area (Å²) in [6.07, 6.45) is 3.67. The molecule has 4 aromatic rings. The lowest BCUT2D eigenvalue weighted by Crippen LogP contribution is -1.84. The summed E-state index contributed by atoms with van der Waals surface area (Å²) in [7, 11) is 3.66. The van der Waals surface area contributed by atoms with Crippen LogP contribution in [0.5, 0.6) is 5.75 Å². The van der Waals surface area contributed by atoms with Crippen molar-refractivity contribution in [1.29, 1.82) is 0 Å². The highest BCUT2D eigenvalue weighted by atomic mass is 19.1. The molecule has 0 aliphatic heterocycles. The Bertz CT molecular complexity index is 988. The number of phenols is 1. The molecule has 0 aliphatic carbocycles. The topological polar surface area (TPSA) is 55.9 Å². The zero-order valence-electron chi connectivity index (χ0n) is 15.2. The molecule has 0 aliphatic rings. The van der Waals surface area contributed by atoms with E-state index in [9.17, 15) is 9.50 Å². The molecule has 0 spiro atoms.